The van der Waals surface area contributed by atoms with Gasteiger partial charge in [-0.15, -0.1) is 0 Å². The highest BCUT2D eigenvalue weighted by atomic mass is 127. The minimum atomic E-state index is -0.364. The Morgan fingerprint density at radius 3 is 2.69 bits per heavy atom. The first-order valence-electron chi connectivity index (χ1n) is 3.65. The Balaban J connectivity index is 2.98. The van der Waals surface area contributed by atoms with Gasteiger partial charge in [-0.2, -0.15) is 0 Å². The van der Waals surface area contributed by atoms with E-state index in [0.29, 0.717) is 5.56 Å². The molecule has 1 amide bonds. The van der Waals surface area contributed by atoms with Crippen LogP contribution in [0.5, 0.6) is 0 Å². The van der Waals surface area contributed by atoms with Crippen molar-refractivity contribution in [1.29, 1.82) is 0 Å². The molecule has 2 N–H and O–H groups in total. The monoisotopic (exact) mass is 289 g/mol. The van der Waals surface area contributed by atoms with Crippen LogP contribution in [0, 0.1) is 3.57 Å². The number of hydrogen-bond donors (Lipinski definition) is 1. The zero-order valence-electron chi connectivity index (χ0n) is 6.79. The molecule has 0 fully saturated rings. The van der Waals surface area contributed by atoms with Crippen LogP contribution in [0.2, 0.25) is 0 Å². The number of rotatable bonds is 3. The minimum Gasteiger partial charge on any atom is -0.369 e. The Labute approximate surface area is 89.5 Å². The van der Waals surface area contributed by atoms with Gasteiger partial charge in [-0.3, -0.25) is 9.59 Å². The Morgan fingerprint density at radius 1 is 1.54 bits per heavy atom. The van der Waals surface area contributed by atoms with Crippen molar-refractivity contribution in [2.45, 2.75) is 6.42 Å². The SMILES string of the molecule is NC(=O)Cc1ccc(C=O)cc1I. The minimum absolute atomic E-state index is 0.220. The van der Waals surface area contributed by atoms with Crippen molar-refractivity contribution in [1.82, 2.24) is 0 Å². The molecule has 68 valence electrons. The quantitative estimate of drug-likeness (QED) is 0.670. The molecular formula is C9H8INO2. The van der Waals surface area contributed by atoms with Gasteiger partial charge in [-0.25, -0.2) is 0 Å². The summed E-state index contributed by atoms with van der Waals surface area (Å²) >= 11 is 2.08. The second-order valence-electron chi connectivity index (χ2n) is 2.61. The molecular weight excluding hydrogens is 281 g/mol. The normalized spacial score (nSPS) is 9.62. The van der Waals surface area contributed by atoms with Gasteiger partial charge in [0.1, 0.15) is 6.29 Å². The van der Waals surface area contributed by atoms with Crippen molar-refractivity contribution in [3.63, 3.8) is 0 Å². The molecule has 0 aromatic heterocycles. The molecule has 1 aromatic carbocycles. The maximum atomic E-state index is 10.6. The zero-order valence-corrected chi connectivity index (χ0v) is 8.95. The van der Waals surface area contributed by atoms with Crippen LogP contribution in [0.1, 0.15) is 15.9 Å². The highest BCUT2D eigenvalue weighted by molar-refractivity contribution is 14.1. The maximum absolute atomic E-state index is 10.6. The van der Waals surface area contributed by atoms with Crippen molar-refractivity contribution in [3.05, 3.63) is 32.9 Å². The Hall–Kier alpha value is -0.910. The standard InChI is InChI=1S/C9H8INO2/c10-8-3-6(5-12)1-2-7(8)4-9(11)13/h1-3,5H,4H2,(H2,11,13). The predicted molar refractivity (Wildman–Crippen MR) is 57.4 cm³/mol. The van der Waals surface area contributed by atoms with E-state index in [4.69, 9.17) is 5.73 Å². The van der Waals surface area contributed by atoms with Crippen LogP contribution >= 0.6 is 22.6 Å². The molecule has 0 unspecified atom stereocenters. The topological polar surface area (TPSA) is 60.2 Å². The van der Waals surface area contributed by atoms with Crippen LogP contribution in [0.4, 0.5) is 0 Å². The van der Waals surface area contributed by atoms with E-state index < -0.39 is 0 Å². The molecule has 0 spiro atoms. The first-order chi connectivity index (χ1) is 6.13. The predicted octanol–water partition coefficient (Wildman–Crippen LogP) is 1.13. The third-order valence-corrected chi connectivity index (χ3v) is 2.58. The number of halogens is 1. The van der Waals surface area contributed by atoms with Crippen molar-refractivity contribution >= 4 is 34.8 Å². The summed E-state index contributed by atoms with van der Waals surface area (Å²) < 4.78 is 0.890. The molecule has 0 aliphatic heterocycles. The summed E-state index contributed by atoms with van der Waals surface area (Å²) in [7, 11) is 0. The summed E-state index contributed by atoms with van der Waals surface area (Å²) in [6.07, 6.45) is 0.994. The number of aldehydes is 1. The molecule has 1 aromatic rings. The number of hydrogen-bond acceptors (Lipinski definition) is 2. The molecule has 0 heterocycles. The van der Waals surface area contributed by atoms with Crippen LogP contribution in [-0.4, -0.2) is 12.2 Å². The summed E-state index contributed by atoms with van der Waals surface area (Å²) in [6.45, 7) is 0. The highest BCUT2D eigenvalue weighted by Gasteiger charge is 2.03. The first kappa shape index (κ1) is 10.2. The van der Waals surface area contributed by atoms with E-state index in [9.17, 15) is 9.59 Å². The summed E-state index contributed by atoms with van der Waals surface area (Å²) in [4.78, 5) is 21.0. The van der Waals surface area contributed by atoms with Crippen molar-refractivity contribution < 1.29 is 9.59 Å². The summed E-state index contributed by atoms with van der Waals surface area (Å²) in [5.41, 5.74) is 6.52. The van der Waals surface area contributed by atoms with Crippen LogP contribution in [0.3, 0.4) is 0 Å². The molecule has 0 radical (unpaired) electrons. The van der Waals surface area contributed by atoms with Gasteiger partial charge < -0.3 is 5.73 Å². The molecule has 0 saturated heterocycles. The zero-order chi connectivity index (χ0) is 9.84. The number of primary amides is 1. The van der Waals surface area contributed by atoms with E-state index in [1.807, 2.05) is 0 Å². The first-order valence-corrected chi connectivity index (χ1v) is 4.73. The van der Waals surface area contributed by atoms with Crippen LogP contribution < -0.4 is 5.73 Å². The molecule has 0 atom stereocenters. The molecule has 1 rings (SSSR count). The van der Waals surface area contributed by atoms with Crippen molar-refractivity contribution in [2.24, 2.45) is 5.73 Å². The van der Waals surface area contributed by atoms with Gasteiger partial charge >= 0.3 is 0 Å². The lowest BCUT2D eigenvalue weighted by Gasteiger charge is -2.01. The maximum Gasteiger partial charge on any atom is 0.221 e. The molecule has 0 aliphatic rings. The Bertz CT molecular complexity index is 349. The average Bonchev–Trinajstić information content (AvgIpc) is 2.08. The number of carbonyl (C=O) groups excluding carboxylic acids is 2. The lowest BCUT2D eigenvalue weighted by molar-refractivity contribution is -0.117. The van der Waals surface area contributed by atoms with Gasteiger partial charge in [0.15, 0.2) is 0 Å². The summed E-state index contributed by atoms with van der Waals surface area (Å²) in [5, 5.41) is 0. The van der Waals surface area contributed by atoms with Crippen molar-refractivity contribution in [2.75, 3.05) is 0 Å². The third kappa shape index (κ3) is 2.80. The molecule has 4 heteroatoms. The van der Waals surface area contributed by atoms with Gasteiger partial charge in [0, 0.05) is 9.13 Å². The van der Waals surface area contributed by atoms with E-state index in [2.05, 4.69) is 22.6 Å². The number of nitrogens with two attached hydrogens (primary N) is 1. The van der Waals surface area contributed by atoms with Gasteiger partial charge in [0.25, 0.3) is 0 Å². The largest absolute Gasteiger partial charge is 0.369 e. The fourth-order valence-electron chi connectivity index (χ4n) is 0.968. The van der Waals surface area contributed by atoms with Gasteiger partial charge in [-0.05, 0) is 34.2 Å². The average molecular weight is 289 g/mol. The lowest BCUT2D eigenvalue weighted by atomic mass is 10.1. The van der Waals surface area contributed by atoms with E-state index >= 15 is 0 Å². The van der Waals surface area contributed by atoms with Crippen molar-refractivity contribution in [3.8, 4) is 0 Å². The number of amides is 1. The fraction of sp³-hybridized carbons (Fsp3) is 0.111. The number of benzene rings is 1. The van der Waals surface area contributed by atoms with E-state index in [-0.39, 0.29) is 12.3 Å². The summed E-state index contributed by atoms with van der Waals surface area (Å²) in [6, 6.07) is 5.15. The highest BCUT2D eigenvalue weighted by Crippen LogP contribution is 2.14. The third-order valence-electron chi connectivity index (χ3n) is 1.58. The van der Waals surface area contributed by atoms with Crippen LogP contribution in [0.25, 0.3) is 0 Å². The molecule has 0 aliphatic carbocycles. The molecule has 0 bridgehead atoms. The number of carbonyl (C=O) groups is 2. The van der Waals surface area contributed by atoms with Gasteiger partial charge in [0.05, 0.1) is 6.42 Å². The van der Waals surface area contributed by atoms with Crippen LogP contribution in [-0.2, 0) is 11.2 Å². The van der Waals surface area contributed by atoms with E-state index in [0.717, 1.165) is 15.4 Å². The summed E-state index contributed by atoms with van der Waals surface area (Å²) in [5.74, 6) is -0.364. The fourth-order valence-corrected chi connectivity index (χ4v) is 1.70. The van der Waals surface area contributed by atoms with Crippen LogP contribution in [0.15, 0.2) is 18.2 Å². The second-order valence-corrected chi connectivity index (χ2v) is 3.77. The molecule has 3 nitrogen and oxygen atoms in total. The lowest BCUT2D eigenvalue weighted by Crippen LogP contribution is -2.14. The molecule has 0 saturated carbocycles. The second kappa shape index (κ2) is 4.36. The Kier molecular flexibility index (Phi) is 3.41. The van der Waals surface area contributed by atoms with Gasteiger partial charge in [0.2, 0.25) is 5.91 Å². The van der Waals surface area contributed by atoms with Gasteiger partial charge in [-0.1, -0.05) is 12.1 Å². The Morgan fingerprint density at radius 2 is 2.23 bits per heavy atom. The molecule has 13 heavy (non-hydrogen) atoms. The smallest absolute Gasteiger partial charge is 0.221 e. The van der Waals surface area contributed by atoms with E-state index in [1.165, 1.54) is 0 Å². The van der Waals surface area contributed by atoms with E-state index in [1.54, 1.807) is 18.2 Å².